The van der Waals surface area contributed by atoms with Gasteiger partial charge in [0.05, 0.1) is 5.92 Å². The summed E-state index contributed by atoms with van der Waals surface area (Å²) in [5.41, 5.74) is 2.22. The summed E-state index contributed by atoms with van der Waals surface area (Å²) in [5.74, 6) is 3.46. The van der Waals surface area contributed by atoms with Gasteiger partial charge >= 0.3 is 0 Å². The van der Waals surface area contributed by atoms with E-state index in [9.17, 15) is 0 Å². The molecular formula is C17H18NO. The Kier molecular flexibility index (Phi) is 3.36. The zero-order valence-electron chi connectivity index (χ0n) is 11.6. The summed E-state index contributed by atoms with van der Waals surface area (Å²) in [7, 11) is 4.16. The van der Waals surface area contributed by atoms with Crippen LogP contribution in [0.5, 0.6) is 0 Å². The molecule has 1 aromatic carbocycles. The van der Waals surface area contributed by atoms with Crippen LogP contribution < -0.4 is 0 Å². The van der Waals surface area contributed by atoms with Crippen LogP contribution in [0, 0.1) is 38.0 Å². The van der Waals surface area contributed by atoms with E-state index < -0.39 is 0 Å². The van der Waals surface area contributed by atoms with E-state index in [1.54, 1.807) is 0 Å². The molecule has 1 heterocycles. The van der Waals surface area contributed by atoms with E-state index in [0.29, 0.717) is 0 Å². The molecule has 0 unspecified atom stereocenters. The van der Waals surface area contributed by atoms with Crippen molar-refractivity contribution in [2.75, 3.05) is 20.6 Å². The van der Waals surface area contributed by atoms with E-state index in [0.717, 1.165) is 17.9 Å². The van der Waals surface area contributed by atoms with Crippen LogP contribution in [-0.4, -0.2) is 25.5 Å². The fourth-order valence-electron chi connectivity index (χ4n) is 2.47. The second-order valence-electron chi connectivity index (χ2n) is 5.35. The smallest absolute Gasteiger partial charge is 0.134 e. The van der Waals surface area contributed by atoms with Crippen molar-refractivity contribution in [3.05, 3.63) is 66.7 Å². The Hall–Kier alpha value is -1.28. The van der Waals surface area contributed by atoms with Gasteiger partial charge in [0, 0.05) is 17.8 Å². The molecule has 0 amide bonds. The third-order valence-corrected chi connectivity index (χ3v) is 3.33. The fraction of sp³-hybridized carbons (Fsp3) is 0.235. The van der Waals surface area contributed by atoms with E-state index >= 15 is 0 Å². The SMILES string of the molecule is Cc1ccc2oc([C]3[CH][CH][CH][C]3CN(C)C)cc2c1. The summed E-state index contributed by atoms with van der Waals surface area (Å²) < 4.78 is 5.97. The molecule has 2 nitrogen and oxygen atoms in total. The van der Waals surface area contributed by atoms with E-state index in [4.69, 9.17) is 4.42 Å². The minimum absolute atomic E-state index is 0.929. The van der Waals surface area contributed by atoms with E-state index in [1.807, 2.05) is 6.07 Å². The van der Waals surface area contributed by atoms with Crippen molar-refractivity contribution in [1.29, 1.82) is 0 Å². The summed E-state index contributed by atoms with van der Waals surface area (Å²) in [5, 5.41) is 1.17. The molecule has 1 fully saturated rings. The van der Waals surface area contributed by atoms with Gasteiger partial charge in [0.15, 0.2) is 0 Å². The molecule has 0 spiro atoms. The molecule has 0 bridgehead atoms. The normalized spacial score (nSPS) is 17.9. The van der Waals surface area contributed by atoms with Gasteiger partial charge in [-0.3, -0.25) is 0 Å². The number of benzene rings is 1. The minimum Gasteiger partial charge on any atom is -0.460 e. The predicted octanol–water partition coefficient (Wildman–Crippen LogP) is 3.43. The summed E-state index contributed by atoms with van der Waals surface area (Å²) in [6, 6.07) is 8.43. The van der Waals surface area contributed by atoms with Crippen LogP contribution in [0.1, 0.15) is 11.3 Å². The average Bonchev–Trinajstić information content (AvgIpc) is 2.93. The van der Waals surface area contributed by atoms with Crippen molar-refractivity contribution < 1.29 is 4.42 Å². The highest BCUT2D eigenvalue weighted by Crippen LogP contribution is 2.40. The Morgan fingerprint density at radius 1 is 1.11 bits per heavy atom. The first-order valence-electron chi connectivity index (χ1n) is 6.53. The lowest BCUT2D eigenvalue weighted by Gasteiger charge is -2.19. The molecule has 0 aliphatic heterocycles. The predicted molar refractivity (Wildman–Crippen MR) is 78.0 cm³/mol. The van der Waals surface area contributed by atoms with Crippen molar-refractivity contribution in [2.45, 2.75) is 6.92 Å². The molecule has 97 valence electrons. The van der Waals surface area contributed by atoms with Crippen molar-refractivity contribution in [3.8, 4) is 0 Å². The molecule has 0 saturated heterocycles. The molecule has 3 rings (SSSR count). The lowest BCUT2D eigenvalue weighted by Crippen LogP contribution is -2.22. The van der Waals surface area contributed by atoms with Crippen LogP contribution in [0.15, 0.2) is 28.7 Å². The second-order valence-corrected chi connectivity index (χ2v) is 5.35. The summed E-state index contributed by atoms with van der Waals surface area (Å²) in [4.78, 5) is 2.17. The first-order valence-corrected chi connectivity index (χ1v) is 6.53. The third-order valence-electron chi connectivity index (χ3n) is 3.33. The van der Waals surface area contributed by atoms with Crippen LogP contribution in [0.4, 0.5) is 0 Å². The van der Waals surface area contributed by atoms with Gasteiger partial charge in [0.25, 0.3) is 0 Å². The lowest BCUT2D eigenvalue weighted by molar-refractivity contribution is 0.425. The molecule has 0 N–H and O–H groups in total. The van der Waals surface area contributed by atoms with Crippen molar-refractivity contribution in [2.24, 2.45) is 0 Å². The largest absolute Gasteiger partial charge is 0.460 e. The molecule has 1 aliphatic rings. The molecule has 5 radical (unpaired) electrons. The number of rotatable bonds is 3. The third kappa shape index (κ3) is 2.55. The van der Waals surface area contributed by atoms with Crippen LogP contribution in [-0.2, 0) is 0 Å². The first kappa shape index (κ1) is 12.7. The molecule has 1 aromatic heterocycles. The van der Waals surface area contributed by atoms with Gasteiger partial charge < -0.3 is 9.32 Å². The van der Waals surface area contributed by atoms with E-state index in [1.165, 1.54) is 22.8 Å². The second kappa shape index (κ2) is 5.01. The van der Waals surface area contributed by atoms with Crippen LogP contribution in [0.2, 0.25) is 0 Å². The van der Waals surface area contributed by atoms with E-state index in [-0.39, 0.29) is 0 Å². The zero-order chi connectivity index (χ0) is 13.4. The number of fused-ring (bicyclic) bond motifs is 1. The van der Waals surface area contributed by atoms with Gasteiger partial charge in [-0.25, -0.2) is 0 Å². The monoisotopic (exact) mass is 252 g/mol. The minimum atomic E-state index is 0.929. The molecule has 19 heavy (non-hydrogen) atoms. The average molecular weight is 252 g/mol. The zero-order valence-corrected chi connectivity index (χ0v) is 11.6. The first-order chi connectivity index (χ1) is 9.13. The molecule has 1 saturated carbocycles. The quantitative estimate of drug-likeness (QED) is 0.832. The highest BCUT2D eigenvalue weighted by atomic mass is 16.3. The Labute approximate surface area is 115 Å². The lowest BCUT2D eigenvalue weighted by atomic mass is 9.93. The molecule has 2 aromatic rings. The van der Waals surface area contributed by atoms with Crippen LogP contribution in [0.25, 0.3) is 11.0 Å². The molecule has 2 heteroatoms. The fourth-order valence-corrected chi connectivity index (χ4v) is 2.47. The van der Waals surface area contributed by atoms with Gasteiger partial charge in [0.1, 0.15) is 11.3 Å². The van der Waals surface area contributed by atoms with Crippen molar-refractivity contribution in [3.63, 3.8) is 0 Å². The summed E-state index contributed by atoms with van der Waals surface area (Å²) in [6.07, 6.45) is 6.38. The summed E-state index contributed by atoms with van der Waals surface area (Å²) in [6.45, 7) is 3.03. The maximum atomic E-state index is 5.97. The number of aryl methyl sites for hydroxylation is 1. The Balaban J connectivity index is 1.90. The maximum absolute atomic E-state index is 5.97. The van der Waals surface area contributed by atoms with E-state index in [2.05, 4.69) is 63.4 Å². The van der Waals surface area contributed by atoms with Crippen molar-refractivity contribution in [1.82, 2.24) is 4.90 Å². The molecular weight excluding hydrogens is 234 g/mol. The maximum Gasteiger partial charge on any atom is 0.134 e. The molecule has 1 aliphatic carbocycles. The Morgan fingerprint density at radius 2 is 1.95 bits per heavy atom. The Morgan fingerprint density at radius 3 is 2.74 bits per heavy atom. The van der Waals surface area contributed by atoms with Crippen LogP contribution in [0.3, 0.4) is 0 Å². The molecule has 0 atom stereocenters. The van der Waals surface area contributed by atoms with Gasteiger partial charge in [-0.15, -0.1) is 0 Å². The number of hydrogen-bond acceptors (Lipinski definition) is 2. The topological polar surface area (TPSA) is 16.4 Å². The van der Waals surface area contributed by atoms with Gasteiger partial charge in [-0.05, 0) is 58.5 Å². The Bertz CT molecular complexity index is 570. The summed E-state index contributed by atoms with van der Waals surface area (Å²) >= 11 is 0. The van der Waals surface area contributed by atoms with Gasteiger partial charge in [0.2, 0.25) is 0 Å². The highest BCUT2D eigenvalue weighted by Gasteiger charge is 2.33. The number of hydrogen-bond donors (Lipinski definition) is 0. The van der Waals surface area contributed by atoms with Gasteiger partial charge in [-0.2, -0.15) is 0 Å². The number of nitrogens with zero attached hydrogens (tertiary/aromatic N) is 1. The highest BCUT2D eigenvalue weighted by molar-refractivity contribution is 5.80. The van der Waals surface area contributed by atoms with Gasteiger partial charge in [-0.1, -0.05) is 11.6 Å². The standard InChI is InChI=1S/C17H18NO/c1-12-7-8-16-14(9-12)10-17(19-16)15-6-4-5-13(15)11-18(2)3/h4-10H,11H2,1-3H3. The van der Waals surface area contributed by atoms with Crippen molar-refractivity contribution >= 4 is 11.0 Å². The van der Waals surface area contributed by atoms with Crippen LogP contribution >= 0.6 is 0 Å². The number of furan rings is 1.